The van der Waals surface area contributed by atoms with Crippen molar-refractivity contribution < 1.29 is 31.2 Å². The highest BCUT2D eigenvalue weighted by Crippen LogP contribution is 2.43. The van der Waals surface area contributed by atoms with E-state index in [9.17, 15) is 26.5 Å². The van der Waals surface area contributed by atoms with Gasteiger partial charge in [-0.3, -0.25) is 25.0 Å². The summed E-state index contributed by atoms with van der Waals surface area (Å²) in [5.41, 5.74) is 7.37. The predicted molar refractivity (Wildman–Crippen MR) is 154 cm³/mol. The van der Waals surface area contributed by atoms with Gasteiger partial charge in [-0.2, -0.15) is 12.8 Å². The fraction of sp³-hybridized carbons (Fsp3) is 0.261. The number of hydrogen-bond acceptors (Lipinski definition) is 12. The number of phenols is 1. The zero-order valence-electron chi connectivity index (χ0n) is 20.5. The molecule has 0 unspecified atom stereocenters. The molecule has 2 heterocycles. The van der Waals surface area contributed by atoms with Gasteiger partial charge in [-0.25, -0.2) is 8.42 Å². The van der Waals surface area contributed by atoms with Crippen LogP contribution < -0.4 is 15.6 Å². The van der Waals surface area contributed by atoms with Gasteiger partial charge in [0, 0.05) is 35.1 Å². The molecule has 0 saturated carbocycles. The molecule has 4 aromatic rings. The average molecular weight is 612 g/mol. The van der Waals surface area contributed by atoms with Crippen molar-refractivity contribution in [2.45, 2.75) is 9.79 Å². The van der Waals surface area contributed by atoms with Crippen LogP contribution in [0.15, 0.2) is 52.3 Å². The first-order valence-electron chi connectivity index (χ1n) is 11.6. The van der Waals surface area contributed by atoms with Crippen LogP contribution in [0.2, 0.25) is 0 Å². The number of aromatic hydroxyl groups is 1. The molecule has 0 aliphatic carbocycles. The number of benzene rings is 3. The minimum absolute atomic E-state index is 0.0204. The van der Waals surface area contributed by atoms with Gasteiger partial charge < -0.3 is 9.84 Å². The van der Waals surface area contributed by atoms with Crippen LogP contribution in [-0.2, 0) is 24.9 Å². The Balaban J connectivity index is 1.54. The fourth-order valence-electron chi connectivity index (χ4n) is 4.12. The summed E-state index contributed by atoms with van der Waals surface area (Å²) in [6, 6.07) is 10.7. The molecule has 1 aromatic heterocycles. The van der Waals surface area contributed by atoms with E-state index in [1.54, 1.807) is 24.3 Å². The number of rotatable bonds is 9. The van der Waals surface area contributed by atoms with E-state index in [1.165, 1.54) is 30.0 Å². The highest BCUT2D eigenvalue weighted by atomic mass is 32.2. The second-order valence-electron chi connectivity index (χ2n) is 8.79. The molecule has 0 amide bonds. The maximum Gasteiger partial charge on any atom is 0.294 e. The lowest BCUT2D eigenvalue weighted by atomic mass is 10.1. The molecule has 12 nitrogen and oxygen atoms in total. The van der Waals surface area contributed by atoms with E-state index in [4.69, 9.17) is 4.74 Å². The Kier molecular flexibility index (Phi) is 7.78. The van der Waals surface area contributed by atoms with Crippen LogP contribution in [0.3, 0.4) is 0 Å². The van der Waals surface area contributed by atoms with Crippen molar-refractivity contribution in [1.29, 1.82) is 0 Å². The number of nitrogens with zero attached hydrogens (tertiary/aromatic N) is 2. The van der Waals surface area contributed by atoms with Gasteiger partial charge in [0.25, 0.3) is 10.1 Å². The SMILES string of the molecule is CS(=O)(=O)Nc1cccc2c(O)c(SCN3CCOCC3)cc(NNc3snc4ccc(S(=O)(=O)O)cc34)c12. The van der Waals surface area contributed by atoms with Crippen molar-refractivity contribution in [3.8, 4) is 5.75 Å². The number of aromatic nitrogens is 1. The molecule has 208 valence electrons. The van der Waals surface area contributed by atoms with Crippen LogP contribution in [0.1, 0.15) is 0 Å². The van der Waals surface area contributed by atoms with E-state index in [0.29, 0.717) is 56.3 Å². The van der Waals surface area contributed by atoms with E-state index >= 15 is 0 Å². The van der Waals surface area contributed by atoms with Crippen LogP contribution in [0.5, 0.6) is 5.75 Å². The van der Waals surface area contributed by atoms with Gasteiger partial charge in [-0.1, -0.05) is 12.1 Å². The largest absolute Gasteiger partial charge is 0.506 e. The summed E-state index contributed by atoms with van der Waals surface area (Å²) in [7, 11) is -8.04. The smallest absolute Gasteiger partial charge is 0.294 e. The molecule has 1 aliphatic rings. The summed E-state index contributed by atoms with van der Waals surface area (Å²) in [4.78, 5) is 2.52. The number of ether oxygens (including phenoxy) is 1. The Morgan fingerprint density at radius 3 is 2.54 bits per heavy atom. The van der Waals surface area contributed by atoms with Crippen molar-refractivity contribution in [3.05, 3.63) is 42.5 Å². The number of anilines is 3. The van der Waals surface area contributed by atoms with Crippen molar-refractivity contribution in [1.82, 2.24) is 9.27 Å². The standard InChI is InChI=1S/C23H25N5O7S4/c1-38(30,31)27-18-4-2-3-15-21(18)19(12-20(22(15)29)36-13-28-7-9-35-10-8-28)24-25-23-16-11-14(39(32,33)34)5-6-17(16)26-37-23/h2-6,11-12,24-25,27,29H,7-10,13H2,1H3,(H,32,33,34). The number of fused-ring (bicyclic) bond motifs is 2. The van der Waals surface area contributed by atoms with Gasteiger partial charge in [0.1, 0.15) is 10.8 Å². The summed E-state index contributed by atoms with van der Waals surface area (Å²) in [6.07, 6.45) is 1.04. The van der Waals surface area contributed by atoms with Crippen molar-refractivity contribution >= 4 is 81.5 Å². The third-order valence-electron chi connectivity index (χ3n) is 5.96. The van der Waals surface area contributed by atoms with Gasteiger partial charge in [-0.15, -0.1) is 11.8 Å². The third-order valence-corrected chi connectivity index (χ3v) is 9.31. The van der Waals surface area contributed by atoms with Gasteiger partial charge in [-0.05, 0) is 41.9 Å². The van der Waals surface area contributed by atoms with E-state index in [2.05, 4.69) is 24.8 Å². The van der Waals surface area contributed by atoms with Gasteiger partial charge in [0.15, 0.2) is 0 Å². The van der Waals surface area contributed by atoms with E-state index < -0.39 is 20.1 Å². The lowest BCUT2D eigenvalue weighted by molar-refractivity contribution is 0.0474. The van der Waals surface area contributed by atoms with Gasteiger partial charge in [0.2, 0.25) is 10.0 Å². The molecule has 5 rings (SSSR count). The Hall–Kier alpha value is -2.86. The summed E-state index contributed by atoms with van der Waals surface area (Å²) in [5, 5.41) is 12.9. The molecule has 1 aliphatic heterocycles. The zero-order chi connectivity index (χ0) is 27.8. The number of sulfonamides is 1. The second-order valence-corrected chi connectivity index (χ2v) is 13.7. The maximum atomic E-state index is 12.1. The van der Waals surface area contributed by atoms with Crippen LogP contribution in [0, 0.1) is 0 Å². The molecule has 5 N–H and O–H groups in total. The highest BCUT2D eigenvalue weighted by molar-refractivity contribution is 7.99. The molecule has 0 bridgehead atoms. The monoisotopic (exact) mass is 611 g/mol. The van der Waals surface area contributed by atoms with Crippen LogP contribution in [0.4, 0.5) is 16.4 Å². The Labute approximate surface area is 233 Å². The van der Waals surface area contributed by atoms with E-state index in [0.717, 1.165) is 30.9 Å². The van der Waals surface area contributed by atoms with Crippen LogP contribution >= 0.6 is 23.3 Å². The topological polar surface area (TPSA) is 170 Å². The van der Waals surface area contributed by atoms with Crippen molar-refractivity contribution in [2.24, 2.45) is 0 Å². The minimum atomic E-state index is -4.41. The van der Waals surface area contributed by atoms with Crippen LogP contribution in [0.25, 0.3) is 21.7 Å². The summed E-state index contributed by atoms with van der Waals surface area (Å²) in [6.45, 7) is 2.84. The number of phenolic OH excluding ortho intramolecular Hbond substituents is 1. The molecule has 0 atom stereocenters. The normalized spacial score (nSPS) is 15.0. The van der Waals surface area contributed by atoms with Gasteiger partial charge >= 0.3 is 0 Å². The number of morpholine rings is 1. The minimum Gasteiger partial charge on any atom is -0.506 e. The fourth-order valence-corrected chi connectivity index (χ4v) is 6.94. The van der Waals surface area contributed by atoms with E-state index in [-0.39, 0.29) is 16.3 Å². The Morgan fingerprint density at radius 2 is 1.82 bits per heavy atom. The molecule has 1 fully saturated rings. The molecule has 0 spiro atoms. The first-order valence-corrected chi connectivity index (χ1v) is 16.7. The molecule has 3 aromatic carbocycles. The van der Waals surface area contributed by atoms with Crippen molar-refractivity contribution in [2.75, 3.05) is 54.0 Å². The van der Waals surface area contributed by atoms with Gasteiger partial charge in [0.05, 0.1) is 46.2 Å². The molecule has 0 radical (unpaired) electrons. The Morgan fingerprint density at radius 1 is 1.05 bits per heavy atom. The first-order chi connectivity index (χ1) is 18.5. The lowest BCUT2D eigenvalue weighted by Crippen LogP contribution is -2.35. The third kappa shape index (κ3) is 6.32. The Bertz CT molecular complexity index is 1750. The summed E-state index contributed by atoms with van der Waals surface area (Å²) >= 11 is 2.51. The molecular formula is C23H25N5O7S4. The quantitative estimate of drug-likeness (QED) is 0.0808. The second kappa shape index (κ2) is 11.0. The summed E-state index contributed by atoms with van der Waals surface area (Å²) < 4.78 is 69.1. The molecule has 1 saturated heterocycles. The molecular weight excluding hydrogens is 587 g/mol. The average Bonchev–Trinajstić information content (AvgIpc) is 3.29. The van der Waals surface area contributed by atoms with Crippen molar-refractivity contribution in [3.63, 3.8) is 0 Å². The molecule has 39 heavy (non-hydrogen) atoms. The molecule has 16 heteroatoms. The number of nitrogens with one attached hydrogen (secondary N) is 3. The van der Waals surface area contributed by atoms with Crippen LogP contribution in [-0.4, -0.2) is 74.2 Å². The first kappa shape index (κ1) is 27.7. The maximum absolute atomic E-state index is 12.1. The number of thioether (sulfide) groups is 1. The predicted octanol–water partition coefficient (Wildman–Crippen LogP) is 3.59. The highest BCUT2D eigenvalue weighted by Gasteiger charge is 2.19. The summed E-state index contributed by atoms with van der Waals surface area (Å²) in [5.74, 6) is 0.640. The number of hydrogen-bond donors (Lipinski definition) is 5. The zero-order valence-corrected chi connectivity index (χ0v) is 23.8. The number of hydrazine groups is 1. The lowest BCUT2D eigenvalue weighted by Gasteiger charge is -2.26. The van der Waals surface area contributed by atoms with E-state index in [1.807, 2.05) is 0 Å².